The molecule has 26 heavy (non-hydrogen) atoms. The number of carbonyl (C=O) groups excluding carboxylic acids is 1. The van der Waals surface area contributed by atoms with E-state index in [-0.39, 0.29) is 17.6 Å². The van der Waals surface area contributed by atoms with Gasteiger partial charge >= 0.3 is 0 Å². The zero-order valence-corrected chi connectivity index (χ0v) is 15.2. The van der Waals surface area contributed by atoms with Crippen molar-refractivity contribution < 1.29 is 9.53 Å². The van der Waals surface area contributed by atoms with Crippen molar-refractivity contribution in [2.75, 3.05) is 6.61 Å². The topological polar surface area (TPSA) is 71.9 Å². The first-order chi connectivity index (χ1) is 12.5. The number of nitrogens with zero attached hydrogens (tertiary/aromatic N) is 2. The minimum absolute atomic E-state index is 0.125. The van der Waals surface area contributed by atoms with Crippen LogP contribution in [-0.4, -0.2) is 38.9 Å². The van der Waals surface area contributed by atoms with Gasteiger partial charge in [0.2, 0.25) is 0 Å². The Hall–Kier alpha value is -2.60. The second kappa shape index (κ2) is 6.61. The quantitative estimate of drug-likeness (QED) is 0.758. The highest BCUT2D eigenvalue weighted by Crippen LogP contribution is 2.24. The van der Waals surface area contributed by atoms with Crippen LogP contribution >= 0.6 is 0 Å². The predicted molar refractivity (Wildman–Crippen MR) is 100 cm³/mol. The number of hydrogen-bond acceptors (Lipinski definition) is 3. The molecule has 2 aromatic heterocycles. The molecule has 1 aliphatic heterocycles. The van der Waals surface area contributed by atoms with Gasteiger partial charge in [0.1, 0.15) is 5.69 Å². The molecule has 0 spiro atoms. The van der Waals surface area contributed by atoms with Gasteiger partial charge in [-0.05, 0) is 50.3 Å². The summed E-state index contributed by atoms with van der Waals surface area (Å²) < 4.78 is 7.85. The minimum Gasteiger partial charge on any atom is -0.375 e. The molecule has 0 aliphatic carbocycles. The lowest BCUT2D eigenvalue weighted by atomic mass is 9.94. The molecule has 1 amide bonds. The predicted octanol–water partition coefficient (Wildman–Crippen LogP) is 3.10. The molecule has 0 unspecified atom stereocenters. The van der Waals surface area contributed by atoms with Crippen LogP contribution in [0.15, 0.2) is 42.6 Å². The Morgan fingerprint density at radius 3 is 3.08 bits per heavy atom. The first-order valence-corrected chi connectivity index (χ1v) is 9.03. The van der Waals surface area contributed by atoms with Crippen LogP contribution in [0.2, 0.25) is 0 Å². The Morgan fingerprint density at radius 1 is 1.38 bits per heavy atom. The lowest BCUT2D eigenvalue weighted by Gasteiger charge is -2.35. The van der Waals surface area contributed by atoms with E-state index < -0.39 is 0 Å². The van der Waals surface area contributed by atoms with E-state index >= 15 is 0 Å². The highest BCUT2D eigenvalue weighted by molar-refractivity contribution is 5.92. The van der Waals surface area contributed by atoms with Gasteiger partial charge in [0.25, 0.3) is 5.91 Å². The number of H-pyrrole nitrogens is 1. The molecule has 1 saturated heterocycles. The summed E-state index contributed by atoms with van der Waals surface area (Å²) >= 11 is 0. The highest BCUT2D eigenvalue weighted by atomic mass is 16.5. The molecule has 6 nitrogen and oxygen atoms in total. The van der Waals surface area contributed by atoms with Crippen molar-refractivity contribution in [1.29, 1.82) is 0 Å². The number of ether oxygens (including phenoxy) is 1. The number of nitrogens with one attached hydrogen (secondary N) is 2. The van der Waals surface area contributed by atoms with Crippen molar-refractivity contribution in [1.82, 2.24) is 20.1 Å². The summed E-state index contributed by atoms with van der Waals surface area (Å²) in [5.41, 5.74) is 2.31. The number of benzene rings is 1. The number of fused-ring (bicyclic) bond motifs is 1. The molecule has 1 atom stereocenters. The van der Waals surface area contributed by atoms with Crippen LogP contribution < -0.4 is 5.32 Å². The van der Waals surface area contributed by atoms with Gasteiger partial charge in [-0.3, -0.25) is 9.89 Å². The van der Waals surface area contributed by atoms with Crippen LogP contribution in [0.5, 0.6) is 0 Å². The van der Waals surface area contributed by atoms with Crippen molar-refractivity contribution in [3.8, 4) is 0 Å². The molecular formula is C20H24N4O2. The summed E-state index contributed by atoms with van der Waals surface area (Å²) in [6.45, 7) is 5.43. The normalized spacial score (nSPS) is 19.5. The zero-order chi connectivity index (χ0) is 18.1. The van der Waals surface area contributed by atoms with Gasteiger partial charge in [0.15, 0.2) is 0 Å². The first kappa shape index (κ1) is 16.8. The Kier molecular flexibility index (Phi) is 4.28. The summed E-state index contributed by atoms with van der Waals surface area (Å²) in [6, 6.07) is 12.3. The Labute approximate surface area is 152 Å². The van der Waals surface area contributed by atoms with Crippen LogP contribution in [0, 0.1) is 0 Å². The molecule has 4 rings (SSSR count). The second-order valence-corrected chi connectivity index (χ2v) is 7.55. The van der Waals surface area contributed by atoms with Crippen molar-refractivity contribution in [2.24, 2.45) is 0 Å². The fourth-order valence-corrected chi connectivity index (χ4v) is 3.64. The van der Waals surface area contributed by atoms with Crippen LogP contribution in [-0.2, 0) is 11.3 Å². The number of aromatic amines is 1. The molecule has 1 aliphatic rings. The molecule has 0 bridgehead atoms. The number of amides is 1. The van der Waals surface area contributed by atoms with Gasteiger partial charge in [-0.2, -0.15) is 5.10 Å². The standard InChI is InChI=1S/C20H24N4O2/c1-20(2)12-15(8-10-26-20)21-19(25)17-11-16(22-23-17)13-24-9-7-14-5-3-4-6-18(14)24/h3-7,9,11,15H,8,10,12-13H2,1-2H3,(H,21,25)(H,22,23)/t15-/m1/s1. The first-order valence-electron chi connectivity index (χ1n) is 9.03. The maximum absolute atomic E-state index is 12.5. The molecule has 0 radical (unpaired) electrons. The molecule has 2 N–H and O–H groups in total. The van der Waals surface area contributed by atoms with Crippen molar-refractivity contribution in [2.45, 2.75) is 44.9 Å². The maximum Gasteiger partial charge on any atom is 0.271 e. The average Bonchev–Trinajstić information content (AvgIpc) is 3.22. The maximum atomic E-state index is 12.5. The van der Waals surface area contributed by atoms with Gasteiger partial charge in [-0.25, -0.2) is 0 Å². The van der Waals surface area contributed by atoms with Gasteiger partial charge < -0.3 is 14.6 Å². The highest BCUT2D eigenvalue weighted by Gasteiger charge is 2.30. The van der Waals surface area contributed by atoms with Gasteiger partial charge in [-0.1, -0.05) is 18.2 Å². The SMILES string of the molecule is CC1(C)C[C@H](NC(=O)c2cc(Cn3ccc4ccccc43)[nH]n2)CCO1. The molecule has 3 aromatic rings. The molecule has 3 heterocycles. The zero-order valence-electron chi connectivity index (χ0n) is 15.2. The summed E-state index contributed by atoms with van der Waals surface area (Å²) in [5.74, 6) is -0.132. The second-order valence-electron chi connectivity index (χ2n) is 7.55. The van der Waals surface area contributed by atoms with Crippen LogP contribution in [0.3, 0.4) is 0 Å². The van der Waals surface area contributed by atoms with E-state index in [1.807, 2.05) is 18.2 Å². The summed E-state index contributed by atoms with van der Waals surface area (Å²) in [7, 11) is 0. The number of hydrogen-bond donors (Lipinski definition) is 2. The van der Waals surface area contributed by atoms with Crippen molar-refractivity contribution in [3.05, 3.63) is 54.0 Å². The van der Waals surface area contributed by atoms with Gasteiger partial charge in [-0.15, -0.1) is 0 Å². The van der Waals surface area contributed by atoms with E-state index in [4.69, 9.17) is 4.74 Å². The third kappa shape index (κ3) is 3.51. The molecule has 6 heteroatoms. The van der Waals surface area contributed by atoms with Crippen LogP contribution in [0.1, 0.15) is 42.9 Å². The Bertz CT molecular complexity index is 925. The smallest absolute Gasteiger partial charge is 0.271 e. The van der Waals surface area contributed by atoms with E-state index in [1.54, 1.807) is 0 Å². The average molecular weight is 352 g/mol. The van der Waals surface area contributed by atoms with Crippen LogP contribution in [0.25, 0.3) is 10.9 Å². The lowest BCUT2D eigenvalue weighted by molar-refractivity contribution is -0.0615. The van der Waals surface area contributed by atoms with Crippen molar-refractivity contribution in [3.63, 3.8) is 0 Å². The minimum atomic E-state index is -0.192. The monoisotopic (exact) mass is 352 g/mol. The summed E-state index contributed by atoms with van der Waals surface area (Å²) in [4.78, 5) is 12.5. The van der Waals surface area contributed by atoms with E-state index in [9.17, 15) is 4.79 Å². The fourth-order valence-electron chi connectivity index (χ4n) is 3.64. The summed E-state index contributed by atoms with van der Waals surface area (Å²) in [6.07, 6.45) is 3.70. The molecular weight excluding hydrogens is 328 g/mol. The Balaban J connectivity index is 1.43. The van der Waals surface area contributed by atoms with E-state index in [0.29, 0.717) is 18.8 Å². The largest absolute Gasteiger partial charge is 0.375 e. The van der Waals surface area contributed by atoms with Gasteiger partial charge in [0.05, 0.1) is 17.8 Å². The molecule has 1 aromatic carbocycles. The lowest BCUT2D eigenvalue weighted by Crippen LogP contribution is -2.45. The van der Waals surface area contributed by atoms with E-state index in [1.165, 1.54) is 5.39 Å². The third-order valence-corrected chi connectivity index (χ3v) is 4.92. The van der Waals surface area contributed by atoms with E-state index in [0.717, 1.165) is 24.1 Å². The van der Waals surface area contributed by atoms with Crippen LogP contribution in [0.4, 0.5) is 0 Å². The fraction of sp³-hybridized carbons (Fsp3) is 0.400. The van der Waals surface area contributed by atoms with Gasteiger partial charge in [0, 0.05) is 24.4 Å². The third-order valence-electron chi connectivity index (χ3n) is 4.92. The number of rotatable bonds is 4. The number of carbonyl (C=O) groups is 1. The number of para-hydroxylation sites is 1. The molecule has 1 fully saturated rings. The molecule has 0 saturated carbocycles. The summed E-state index contributed by atoms with van der Waals surface area (Å²) in [5, 5.41) is 11.5. The van der Waals surface area contributed by atoms with E-state index in [2.05, 4.69) is 58.3 Å². The molecule has 136 valence electrons. The van der Waals surface area contributed by atoms with Crippen molar-refractivity contribution >= 4 is 16.8 Å². The Morgan fingerprint density at radius 2 is 2.23 bits per heavy atom. The number of aromatic nitrogens is 3.